The number of halogens is 1. The van der Waals surface area contributed by atoms with E-state index in [-0.39, 0.29) is 11.9 Å². The molecule has 0 saturated heterocycles. The number of benzene rings is 1. The van der Waals surface area contributed by atoms with Gasteiger partial charge in [0.2, 0.25) is 0 Å². The maximum Gasteiger partial charge on any atom is 0.131 e. The van der Waals surface area contributed by atoms with Crippen LogP contribution in [0, 0.1) is 23.6 Å². The van der Waals surface area contributed by atoms with Crippen molar-refractivity contribution in [2.45, 2.75) is 31.7 Å². The Bertz CT molecular complexity index is 465. The molecule has 19 heavy (non-hydrogen) atoms. The number of hydrazine groups is 1. The van der Waals surface area contributed by atoms with Gasteiger partial charge < -0.3 is 4.74 Å². The lowest BCUT2D eigenvalue weighted by atomic mass is 9.80. The third-order valence-corrected chi connectivity index (χ3v) is 4.94. The van der Waals surface area contributed by atoms with Gasteiger partial charge in [-0.2, -0.15) is 0 Å². The fourth-order valence-corrected chi connectivity index (χ4v) is 4.03. The maximum absolute atomic E-state index is 14.2. The molecule has 3 nitrogen and oxygen atoms in total. The molecule has 1 aromatic rings. The van der Waals surface area contributed by atoms with Gasteiger partial charge in [-0.25, -0.2) is 4.39 Å². The fraction of sp³-hybridized carbons (Fsp3) is 0.600. The van der Waals surface area contributed by atoms with E-state index in [9.17, 15) is 4.39 Å². The van der Waals surface area contributed by atoms with Gasteiger partial charge in [-0.15, -0.1) is 0 Å². The number of methoxy groups -OCH3 is 1. The van der Waals surface area contributed by atoms with Crippen LogP contribution < -0.4 is 16.0 Å². The highest BCUT2D eigenvalue weighted by atomic mass is 19.1. The molecule has 2 fully saturated rings. The molecule has 0 heterocycles. The number of nitrogens with two attached hydrogens (primary N) is 1. The molecule has 0 amide bonds. The molecule has 104 valence electrons. The van der Waals surface area contributed by atoms with Crippen LogP contribution in [0.2, 0.25) is 0 Å². The molecular weight excluding hydrogens is 243 g/mol. The summed E-state index contributed by atoms with van der Waals surface area (Å²) in [6.07, 6.45) is 5.07. The summed E-state index contributed by atoms with van der Waals surface area (Å²) in [5.41, 5.74) is 3.51. The van der Waals surface area contributed by atoms with E-state index in [0.717, 1.165) is 5.92 Å². The first-order valence-electron chi connectivity index (χ1n) is 7.02. The average Bonchev–Trinajstić information content (AvgIpc) is 3.04. The second kappa shape index (κ2) is 5.10. The van der Waals surface area contributed by atoms with Crippen molar-refractivity contribution in [2.24, 2.45) is 23.6 Å². The van der Waals surface area contributed by atoms with Crippen molar-refractivity contribution in [3.63, 3.8) is 0 Å². The quantitative estimate of drug-likeness (QED) is 0.649. The van der Waals surface area contributed by atoms with Crippen molar-refractivity contribution in [3.8, 4) is 5.75 Å². The topological polar surface area (TPSA) is 47.3 Å². The van der Waals surface area contributed by atoms with Crippen LogP contribution in [0.15, 0.2) is 18.2 Å². The number of ether oxygens (including phenoxy) is 1. The molecule has 2 bridgehead atoms. The first-order valence-corrected chi connectivity index (χ1v) is 7.02. The van der Waals surface area contributed by atoms with Gasteiger partial charge in [0.15, 0.2) is 0 Å². The summed E-state index contributed by atoms with van der Waals surface area (Å²) in [4.78, 5) is 0. The third-order valence-electron chi connectivity index (χ3n) is 4.94. The number of nitrogens with one attached hydrogen (secondary N) is 1. The molecule has 3 N–H and O–H groups in total. The van der Waals surface area contributed by atoms with Gasteiger partial charge in [0.25, 0.3) is 0 Å². The Hall–Kier alpha value is -1.13. The molecule has 2 aliphatic rings. The van der Waals surface area contributed by atoms with Crippen LogP contribution >= 0.6 is 0 Å². The summed E-state index contributed by atoms with van der Waals surface area (Å²) in [5, 5.41) is 0. The SMILES string of the molecule is COc1ccc(C(NN)C2CC3CCC2C3)c(F)c1. The van der Waals surface area contributed by atoms with E-state index in [4.69, 9.17) is 10.6 Å². The minimum atomic E-state index is -0.231. The predicted molar refractivity (Wildman–Crippen MR) is 72.0 cm³/mol. The number of hydrogen-bond donors (Lipinski definition) is 2. The van der Waals surface area contributed by atoms with Crippen LogP contribution in [0.4, 0.5) is 4.39 Å². The van der Waals surface area contributed by atoms with Gasteiger partial charge in [0, 0.05) is 11.6 Å². The summed E-state index contributed by atoms with van der Waals surface area (Å²) in [6, 6.07) is 4.95. The lowest BCUT2D eigenvalue weighted by molar-refractivity contribution is 0.247. The fourth-order valence-electron chi connectivity index (χ4n) is 4.03. The normalized spacial score (nSPS) is 30.6. The zero-order valence-electron chi connectivity index (χ0n) is 11.2. The molecular formula is C15H21FN2O. The first kappa shape index (κ1) is 12.9. The summed E-state index contributed by atoms with van der Waals surface area (Å²) in [5.74, 6) is 8.01. The van der Waals surface area contributed by atoms with Crippen LogP contribution in [0.5, 0.6) is 5.75 Å². The van der Waals surface area contributed by atoms with Gasteiger partial charge in [-0.3, -0.25) is 11.3 Å². The standard InChI is InChI=1S/C15H21FN2O/c1-19-11-4-5-12(14(16)8-11)15(18-17)13-7-9-2-3-10(13)6-9/h4-5,8-10,13,15,18H,2-3,6-7,17H2,1H3. The molecule has 4 heteroatoms. The minimum absolute atomic E-state index is 0.0822. The lowest BCUT2D eigenvalue weighted by Crippen LogP contribution is -2.36. The van der Waals surface area contributed by atoms with E-state index in [1.54, 1.807) is 19.2 Å². The molecule has 4 atom stereocenters. The Morgan fingerprint density at radius 1 is 1.37 bits per heavy atom. The van der Waals surface area contributed by atoms with Crippen molar-refractivity contribution in [3.05, 3.63) is 29.6 Å². The van der Waals surface area contributed by atoms with Gasteiger partial charge in [-0.1, -0.05) is 12.5 Å². The van der Waals surface area contributed by atoms with Crippen molar-refractivity contribution in [2.75, 3.05) is 7.11 Å². The molecule has 2 saturated carbocycles. The van der Waals surface area contributed by atoms with E-state index in [2.05, 4.69) is 5.43 Å². The van der Waals surface area contributed by atoms with Gasteiger partial charge in [0.1, 0.15) is 11.6 Å². The summed E-state index contributed by atoms with van der Waals surface area (Å²) in [7, 11) is 1.54. The van der Waals surface area contributed by atoms with Crippen LogP contribution in [-0.4, -0.2) is 7.11 Å². The summed E-state index contributed by atoms with van der Waals surface area (Å²) < 4.78 is 19.2. The number of rotatable bonds is 4. The smallest absolute Gasteiger partial charge is 0.131 e. The van der Waals surface area contributed by atoms with E-state index in [1.165, 1.54) is 31.7 Å². The zero-order chi connectivity index (χ0) is 13.4. The summed E-state index contributed by atoms with van der Waals surface area (Å²) >= 11 is 0. The Balaban J connectivity index is 1.86. The van der Waals surface area contributed by atoms with Crippen LogP contribution in [0.25, 0.3) is 0 Å². The highest BCUT2D eigenvalue weighted by Crippen LogP contribution is 2.52. The van der Waals surface area contributed by atoms with Gasteiger partial charge >= 0.3 is 0 Å². The van der Waals surface area contributed by atoms with Crippen molar-refractivity contribution < 1.29 is 9.13 Å². The highest BCUT2D eigenvalue weighted by Gasteiger charge is 2.43. The summed E-state index contributed by atoms with van der Waals surface area (Å²) in [6.45, 7) is 0. The highest BCUT2D eigenvalue weighted by molar-refractivity contribution is 5.31. The number of hydrogen-bond acceptors (Lipinski definition) is 3. The molecule has 1 aromatic carbocycles. The zero-order valence-corrected chi connectivity index (χ0v) is 11.2. The molecule has 2 aliphatic carbocycles. The largest absolute Gasteiger partial charge is 0.497 e. The van der Waals surface area contributed by atoms with Gasteiger partial charge in [0.05, 0.1) is 13.2 Å². The molecule has 3 rings (SSSR count). The molecule has 0 aromatic heterocycles. The Kier molecular flexibility index (Phi) is 3.46. The van der Waals surface area contributed by atoms with E-state index < -0.39 is 0 Å². The average molecular weight is 264 g/mol. The van der Waals surface area contributed by atoms with Crippen LogP contribution in [0.1, 0.15) is 37.3 Å². The van der Waals surface area contributed by atoms with E-state index in [0.29, 0.717) is 23.1 Å². The Morgan fingerprint density at radius 3 is 2.74 bits per heavy atom. The second-order valence-corrected chi connectivity index (χ2v) is 5.87. The third kappa shape index (κ3) is 2.23. The Labute approximate surface area is 113 Å². The van der Waals surface area contributed by atoms with Crippen molar-refractivity contribution >= 4 is 0 Å². The van der Waals surface area contributed by atoms with Crippen molar-refractivity contribution in [1.29, 1.82) is 0 Å². The van der Waals surface area contributed by atoms with Crippen molar-refractivity contribution in [1.82, 2.24) is 5.43 Å². The molecule has 0 aliphatic heterocycles. The van der Waals surface area contributed by atoms with Crippen LogP contribution in [-0.2, 0) is 0 Å². The first-order chi connectivity index (χ1) is 9.22. The Morgan fingerprint density at radius 2 is 2.21 bits per heavy atom. The molecule has 0 spiro atoms. The van der Waals surface area contributed by atoms with Crippen LogP contribution in [0.3, 0.4) is 0 Å². The lowest BCUT2D eigenvalue weighted by Gasteiger charge is -2.30. The minimum Gasteiger partial charge on any atom is -0.497 e. The predicted octanol–water partition coefficient (Wildman–Crippen LogP) is 2.77. The molecule has 0 radical (unpaired) electrons. The maximum atomic E-state index is 14.2. The van der Waals surface area contributed by atoms with E-state index in [1.807, 2.05) is 0 Å². The number of fused-ring (bicyclic) bond motifs is 2. The monoisotopic (exact) mass is 264 g/mol. The second-order valence-electron chi connectivity index (χ2n) is 5.87. The van der Waals surface area contributed by atoms with E-state index >= 15 is 0 Å². The molecule has 4 unspecified atom stereocenters. The van der Waals surface area contributed by atoms with Gasteiger partial charge in [-0.05, 0) is 43.1 Å².